The average molecular weight is 415 g/mol. The topological polar surface area (TPSA) is 84.5 Å². The minimum atomic E-state index is -0.780. The van der Waals surface area contributed by atoms with E-state index in [2.05, 4.69) is 10.6 Å². The fourth-order valence-corrected chi connectivity index (χ4v) is 4.73. The molecule has 0 atom stereocenters. The fraction of sp³-hybridized carbons (Fsp3) is 0.409. The van der Waals surface area contributed by atoms with Crippen molar-refractivity contribution in [1.29, 1.82) is 0 Å². The van der Waals surface area contributed by atoms with E-state index in [1.807, 2.05) is 26.0 Å². The molecule has 6 nitrogen and oxygen atoms in total. The van der Waals surface area contributed by atoms with Crippen LogP contribution in [0.5, 0.6) is 0 Å². The number of imide groups is 1. The maximum absolute atomic E-state index is 12.9. The Hall–Kier alpha value is -2.67. The summed E-state index contributed by atoms with van der Waals surface area (Å²) in [6.45, 7) is 5.80. The predicted molar refractivity (Wildman–Crippen MR) is 114 cm³/mol. The second kappa shape index (κ2) is 9.22. The number of thiophene rings is 1. The number of anilines is 1. The first-order chi connectivity index (χ1) is 13.9. The number of nitrogens with one attached hydrogen (secondary N) is 2. The maximum Gasteiger partial charge on any atom is 0.414 e. The number of benzene rings is 1. The summed E-state index contributed by atoms with van der Waals surface area (Å²) in [6.07, 6.45) is 3.99. The van der Waals surface area contributed by atoms with Crippen LogP contribution in [0.3, 0.4) is 0 Å². The molecule has 0 unspecified atom stereocenters. The summed E-state index contributed by atoms with van der Waals surface area (Å²) in [7, 11) is 0. The van der Waals surface area contributed by atoms with Crippen molar-refractivity contribution in [3.05, 3.63) is 50.9 Å². The highest BCUT2D eigenvalue weighted by Crippen LogP contribution is 2.37. The van der Waals surface area contributed by atoms with Gasteiger partial charge in [-0.2, -0.15) is 0 Å². The van der Waals surface area contributed by atoms with Crippen LogP contribution in [0.4, 0.5) is 9.80 Å². The van der Waals surface area contributed by atoms with Gasteiger partial charge in [-0.25, -0.2) is 4.79 Å². The molecular weight excluding hydrogens is 388 g/mol. The van der Waals surface area contributed by atoms with Crippen molar-refractivity contribution in [3.8, 4) is 0 Å². The van der Waals surface area contributed by atoms with E-state index in [1.165, 1.54) is 11.3 Å². The molecule has 154 valence electrons. The predicted octanol–water partition coefficient (Wildman–Crippen LogP) is 4.77. The van der Waals surface area contributed by atoms with Crippen LogP contribution in [-0.4, -0.2) is 24.5 Å². The lowest BCUT2D eigenvalue weighted by Gasteiger charge is -2.10. The molecule has 1 aromatic carbocycles. The summed E-state index contributed by atoms with van der Waals surface area (Å²) in [4.78, 5) is 38.6. The number of carbonyl (C=O) groups excluding carboxylic acids is 3. The van der Waals surface area contributed by atoms with E-state index < -0.39 is 12.0 Å². The molecule has 3 amide bonds. The van der Waals surface area contributed by atoms with Gasteiger partial charge in [0, 0.05) is 10.4 Å². The highest BCUT2D eigenvalue weighted by Gasteiger charge is 2.27. The zero-order valence-electron chi connectivity index (χ0n) is 17.0. The van der Waals surface area contributed by atoms with Crippen LogP contribution < -0.4 is 10.6 Å². The number of rotatable bonds is 4. The van der Waals surface area contributed by atoms with Gasteiger partial charge in [-0.3, -0.25) is 14.9 Å². The Bertz CT molecular complexity index is 949. The minimum Gasteiger partial charge on any atom is -0.450 e. The molecule has 2 N–H and O–H groups in total. The van der Waals surface area contributed by atoms with E-state index in [1.54, 1.807) is 13.0 Å². The third-order valence-corrected chi connectivity index (χ3v) is 6.34. The molecule has 0 bridgehead atoms. The summed E-state index contributed by atoms with van der Waals surface area (Å²) in [5, 5.41) is 5.67. The summed E-state index contributed by atoms with van der Waals surface area (Å²) in [5.74, 6) is -0.798. The monoisotopic (exact) mass is 414 g/mol. The number of amides is 3. The summed E-state index contributed by atoms with van der Waals surface area (Å²) >= 11 is 1.43. The molecule has 7 heteroatoms. The van der Waals surface area contributed by atoms with Gasteiger partial charge in [-0.1, -0.05) is 12.5 Å². The Morgan fingerprint density at radius 3 is 2.52 bits per heavy atom. The Labute approximate surface area is 174 Å². The van der Waals surface area contributed by atoms with Gasteiger partial charge in [-0.15, -0.1) is 11.3 Å². The van der Waals surface area contributed by atoms with E-state index in [-0.39, 0.29) is 12.5 Å². The lowest BCUT2D eigenvalue weighted by atomic mass is 10.0. The van der Waals surface area contributed by atoms with Crippen molar-refractivity contribution in [3.63, 3.8) is 0 Å². The smallest absolute Gasteiger partial charge is 0.414 e. The molecule has 3 rings (SSSR count). The van der Waals surface area contributed by atoms with E-state index >= 15 is 0 Å². The van der Waals surface area contributed by atoms with Gasteiger partial charge in [0.05, 0.1) is 12.2 Å². The first-order valence-electron chi connectivity index (χ1n) is 9.92. The van der Waals surface area contributed by atoms with Gasteiger partial charge in [0.1, 0.15) is 5.00 Å². The highest BCUT2D eigenvalue weighted by molar-refractivity contribution is 7.17. The summed E-state index contributed by atoms with van der Waals surface area (Å²) in [5.41, 5.74) is 3.99. The molecule has 0 saturated heterocycles. The average Bonchev–Trinajstić information content (AvgIpc) is 2.84. The van der Waals surface area contributed by atoms with Crippen LogP contribution >= 0.6 is 11.3 Å². The standard InChI is InChI=1S/C22H26N2O4S/c1-4-28-22(27)24-20(26)18-16-8-6-5-7-9-17(16)29-21(18)23-19(25)15-11-10-13(2)14(3)12-15/h10-12H,4-9H2,1-3H3,(H,23,25)(H,24,26,27). The van der Waals surface area contributed by atoms with Gasteiger partial charge in [0.2, 0.25) is 0 Å². The number of hydrogen-bond donors (Lipinski definition) is 2. The first kappa shape index (κ1) is 21.0. The van der Waals surface area contributed by atoms with Crippen LogP contribution in [0.25, 0.3) is 0 Å². The zero-order valence-corrected chi connectivity index (χ0v) is 17.8. The van der Waals surface area contributed by atoms with Gasteiger partial charge in [0.25, 0.3) is 11.8 Å². The third-order valence-electron chi connectivity index (χ3n) is 5.14. The van der Waals surface area contributed by atoms with Gasteiger partial charge in [-0.05, 0) is 75.3 Å². The van der Waals surface area contributed by atoms with Gasteiger partial charge in [0.15, 0.2) is 0 Å². The molecule has 0 radical (unpaired) electrons. The molecule has 1 aliphatic rings. The SMILES string of the molecule is CCOC(=O)NC(=O)c1c(NC(=O)c2ccc(C)c(C)c2)sc2c1CCCCC2. The number of carbonyl (C=O) groups is 3. The minimum absolute atomic E-state index is 0.178. The Balaban J connectivity index is 1.92. The molecule has 29 heavy (non-hydrogen) atoms. The molecule has 0 saturated carbocycles. The number of aryl methyl sites for hydroxylation is 3. The van der Waals surface area contributed by atoms with E-state index in [4.69, 9.17) is 4.74 Å². The molecule has 0 aliphatic heterocycles. The number of alkyl carbamates (subject to hydrolysis) is 1. The molecular formula is C22H26N2O4S. The van der Waals surface area contributed by atoms with Gasteiger partial charge < -0.3 is 10.1 Å². The Morgan fingerprint density at radius 1 is 1.03 bits per heavy atom. The van der Waals surface area contributed by atoms with Crippen molar-refractivity contribution >= 4 is 34.2 Å². The van der Waals surface area contributed by atoms with Crippen molar-refractivity contribution in [2.24, 2.45) is 0 Å². The first-order valence-corrected chi connectivity index (χ1v) is 10.7. The summed E-state index contributed by atoms with van der Waals surface area (Å²) < 4.78 is 4.84. The van der Waals surface area contributed by atoms with Crippen LogP contribution in [0, 0.1) is 13.8 Å². The number of fused-ring (bicyclic) bond motifs is 1. The van der Waals surface area contributed by atoms with Crippen molar-refractivity contribution in [1.82, 2.24) is 5.32 Å². The number of ether oxygens (including phenoxy) is 1. The second-order valence-corrected chi connectivity index (χ2v) is 8.30. The normalized spacial score (nSPS) is 13.2. The Morgan fingerprint density at radius 2 is 1.79 bits per heavy atom. The molecule has 0 spiro atoms. The molecule has 0 fully saturated rings. The Kier molecular flexibility index (Phi) is 6.69. The largest absolute Gasteiger partial charge is 0.450 e. The highest BCUT2D eigenvalue weighted by atomic mass is 32.1. The summed E-state index contributed by atoms with van der Waals surface area (Å²) in [6, 6.07) is 5.51. The van der Waals surface area contributed by atoms with E-state index in [0.29, 0.717) is 16.1 Å². The van der Waals surface area contributed by atoms with Gasteiger partial charge >= 0.3 is 6.09 Å². The quantitative estimate of drug-likeness (QED) is 0.706. The lowest BCUT2D eigenvalue weighted by molar-refractivity contribution is 0.0925. The molecule has 2 aromatic rings. The lowest BCUT2D eigenvalue weighted by Crippen LogP contribution is -2.32. The molecule has 1 aromatic heterocycles. The van der Waals surface area contributed by atoms with Crippen molar-refractivity contribution in [2.45, 2.75) is 52.9 Å². The third kappa shape index (κ3) is 4.85. The van der Waals surface area contributed by atoms with Crippen LogP contribution in [0.2, 0.25) is 0 Å². The van der Waals surface area contributed by atoms with E-state index in [9.17, 15) is 14.4 Å². The van der Waals surface area contributed by atoms with Crippen molar-refractivity contribution in [2.75, 3.05) is 11.9 Å². The van der Waals surface area contributed by atoms with Crippen LogP contribution in [0.1, 0.15) is 68.5 Å². The molecule has 1 aliphatic carbocycles. The number of hydrogen-bond acceptors (Lipinski definition) is 5. The maximum atomic E-state index is 12.9. The second-order valence-electron chi connectivity index (χ2n) is 7.20. The zero-order chi connectivity index (χ0) is 21.0. The fourth-order valence-electron chi connectivity index (χ4n) is 3.45. The molecule has 1 heterocycles. The van der Waals surface area contributed by atoms with E-state index in [0.717, 1.165) is 53.7 Å². The van der Waals surface area contributed by atoms with Crippen molar-refractivity contribution < 1.29 is 19.1 Å². The van der Waals surface area contributed by atoms with Crippen LogP contribution in [0.15, 0.2) is 18.2 Å². The van der Waals surface area contributed by atoms with Crippen LogP contribution in [-0.2, 0) is 17.6 Å².